The Labute approximate surface area is 212 Å². The van der Waals surface area contributed by atoms with E-state index in [1.165, 1.54) is 24.1 Å². The van der Waals surface area contributed by atoms with Gasteiger partial charge in [-0.1, -0.05) is 31.4 Å². The predicted octanol–water partition coefficient (Wildman–Crippen LogP) is 3.47. The minimum atomic E-state index is -3.87. The Kier molecular flexibility index (Phi) is 9.31. The lowest BCUT2D eigenvalue weighted by Gasteiger charge is -2.33. The molecule has 36 heavy (non-hydrogen) atoms. The first-order chi connectivity index (χ1) is 17.1. The number of nitrogens with one attached hydrogen (secondary N) is 1. The van der Waals surface area contributed by atoms with E-state index in [1.54, 1.807) is 25.1 Å². The van der Waals surface area contributed by atoms with Gasteiger partial charge in [0.25, 0.3) is 0 Å². The van der Waals surface area contributed by atoms with Crippen molar-refractivity contribution in [1.82, 2.24) is 10.2 Å². The van der Waals surface area contributed by atoms with Gasteiger partial charge in [0.05, 0.1) is 19.1 Å². The van der Waals surface area contributed by atoms with Crippen molar-refractivity contribution in [3.05, 3.63) is 59.9 Å². The van der Waals surface area contributed by atoms with Crippen LogP contribution >= 0.6 is 0 Å². The molecule has 1 unspecified atom stereocenters. The van der Waals surface area contributed by atoms with Crippen molar-refractivity contribution in [2.75, 3.05) is 24.2 Å². The van der Waals surface area contributed by atoms with Gasteiger partial charge in [0.15, 0.2) is 0 Å². The van der Waals surface area contributed by atoms with Crippen molar-refractivity contribution in [3.8, 4) is 5.75 Å². The summed E-state index contributed by atoms with van der Waals surface area (Å²) in [5.74, 6) is -0.765. The molecule has 1 aliphatic rings. The first-order valence-corrected chi connectivity index (χ1v) is 13.9. The Morgan fingerprint density at radius 2 is 1.78 bits per heavy atom. The molecule has 0 bridgehead atoms. The van der Waals surface area contributed by atoms with Crippen LogP contribution in [0.2, 0.25) is 0 Å². The van der Waals surface area contributed by atoms with Gasteiger partial charge < -0.3 is 15.0 Å². The van der Waals surface area contributed by atoms with Gasteiger partial charge in [0.2, 0.25) is 21.8 Å². The molecule has 0 saturated heterocycles. The van der Waals surface area contributed by atoms with E-state index in [1.807, 2.05) is 6.07 Å². The molecule has 1 saturated carbocycles. The summed E-state index contributed by atoms with van der Waals surface area (Å²) in [4.78, 5) is 28.1. The maximum Gasteiger partial charge on any atom is 0.244 e. The molecule has 0 radical (unpaired) electrons. The second-order valence-corrected chi connectivity index (χ2v) is 11.0. The fraction of sp³-hybridized carbons (Fsp3) is 0.462. The maximum absolute atomic E-state index is 13.6. The summed E-state index contributed by atoms with van der Waals surface area (Å²) >= 11 is 0. The molecule has 2 amide bonds. The molecule has 196 valence electrons. The van der Waals surface area contributed by atoms with Crippen molar-refractivity contribution in [1.29, 1.82) is 0 Å². The quantitative estimate of drug-likeness (QED) is 0.519. The van der Waals surface area contributed by atoms with Gasteiger partial charge in [-0.3, -0.25) is 13.9 Å². The van der Waals surface area contributed by atoms with E-state index in [0.29, 0.717) is 5.75 Å². The van der Waals surface area contributed by atoms with Crippen LogP contribution in [0.1, 0.15) is 44.6 Å². The maximum atomic E-state index is 13.6. The number of halogens is 1. The lowest BCUT2D eigenvalue weighted by atomic mass is 9.95. The monoisotopic (exact) mass is 519 g/mol. The van der Waals surface area contributed by atoms with Crippen molar-refractivity contribution < 1.29 is 27.1 Å². The molecule has 0 spiro atoms. The van der Waals surface area contributed by atoms with Gasteiger partial charge in [-0.15, -0.1) is 0 Å². The van der Waals surface area contributed by atoms with E-state index < -0.39 is 34.3 Å². The molecule has 0 heterocycles. The van der Waals surface area contributed by atoms with Gasteiger partial charge in [-0.25, -0.2) is 12.8 Å². The summed E-state index contributed by atoms with van der Waals surface area (Å²) in [6.07, 6.45) is 6.02. The Hall–Kier alpha value is -3.14. The Morgan fingerprint density at radius 1 is 1.11 bits per heavy atom. The summed E-state index contributed by atoms with van der Waals surface area (Å²) in [6, 6.07) is 11.2. The highest BCUT2D eigenvalue weighted by molar-refractivity contribution is 7.92. The van der Waals surface area contributed by atoms with E-state index in [4.69, 9.17) is 4.74 Å². The van der Waals surface area contributed by atoms with Gasteiger partial charge in [0.1, 0.15) is 24.2 Å². The zero-order chi connectivity index (χ0) is 26.3. The second kappa shape index (κ2) is 12.2. The number of methoxy groups -OCH3 is 1. The number of carbonyl (C=O) groups excluding carboxylic acids is 2. The number of hydrogen-bond acceptors (Lipinski definition) is 5. The lowest BCUT2D eigenvalue weighted by Crippen LogP contribution is -2.52. The molecule has 1 N–H and O–H groups in total. The highest BCUT2D eigenvalue weighted by atomic mass is 32.2. The topological polar surface area (TPSA) is 96.0 Å². The van der Waals surface area contributed by atoms with Crippen LogP contribution in [0.15, 0.2) is 48.5 Å². The van der Waals surface area contributed by atoms with Gasteiger partial charge in [-0.2, -0.15) is 0 Å². The average Bonchev–Trinajstić information content (AvgIpc) is 2.86. The third-order valence-corrected chi connectivity index (χ3v) is 7.54. The van der Waals surface area contributed by atoms with Crippen LogP contribution in [0.25, 0.3) is 0 Å². The van der Waals surface area contributed by atoms with Gasteiger partial charge >= 0.3 is 0 Å². The number of benzene rings is 2. The van der Waals surface area contributed by atoms with Crippen molar-refractivity contribution in [3.63, 3.8) is 0 Å². The first-order valence-electron chi connectivity index (χ1n) is 12.0. The van der Waals surface area contributed by atoms with Gasteiger partial charge in [-0.05, 0) is 61.7 Å². The molecule has 1 fully saturated rings. The Morgan fingerprint density at radius 3 is 2.39 bits per heavy atom. The van der Waals surface area contributed by atoms with E-state index in [2.05, 4.69) is 5.32 Å². The van der Waals surface area contributed by atoms with E-state index in [9.17, 15) is 22.4 Å². The van der Waals surface area contributed by atoms with Gasteiger partial charge in [0, 0.05) is 12.6 Å². The number of carbonyl (C=O) groups is 2. The molecule has 0 aliphatic heterocycles. The second-order valence-electron chi connectivity index (χ2n) is 9.14. The van der Waals surface area contributed by atoms with E-state index in [0.717, 1.165) is 60.4 Å². The largest absolute Gasteiger partial charge is 0.497 e. The fourth-order valence-electron chi connectivity index (χ4n) is 4.34. The van der Waals surface area contributed by atoms with Crippen molar-refractivity contribution >= 4 is 27.5 Å². The number of amides is 2. The van der Waals surface area contributed by atoms with Crippen LogP contribution in [-0.2, 0) is 26.2 Å². The zero-order valence-corrected chi connectivity index (χ0v) is 21.8. The third-order valence-electron chi connectivity index (χ3n) is 6.40. The molecule has 1 aliphatic carbocycles. The van der Waals surface area contributed by atoms with Crippen molar-refractivity contribution in [2.45, 2.75) is 57.7 Å². The minimum absolute atomic E-state index is 0.0641. The fourth-order valence-corrected chi connectivity index (χ4v) is 5.19. The number of rotatable bonds is 10. The van der Waals surface area contributed by atoms with Crippen LogP contribution in [0.4, 0.5) is 10.1 Å². The number of nitrogens with zero attached hydrogens (tertiary/aromatic N) is 2. The normalized spacial score (nSPS) is 15.1. The van der Waals surface area contributed by atoms with Crippen LogP contribution in [0, 0.1) is 5.82 Å². The predicted molar refractivity (Wildman–Crippen MR) is 137 cm³/mol. The summed E-state index contributed by atoms with van der Waals surface area (Å²) in [5.41, 5.74) is 0.889. The number of anilines is 1. The summed E-state index contributed by atoms with van der Waals surface area (Å²) in [6.45, 7) is 1.19. The highest BCUT2D eigenvalue weighted by Crippen LogP contribution is 2.22. The summed E-state index contributed by atoms with van der Waals surface area (Å²) in [5, 5.41) is 3.05. The molecule has 3 rings (SSSR count). The average molecular weight is 520 g/mol. The van der Waals surface area contributed by atoms with Crippen LogP contribution in [0.3, 0.4) is 0 Å². The minimum Gasteiger partial charge on any atom is -0.497 e. The lowest BCUT2D eigenvalue weighted by molar-refractivity contribution is -0.139. The van der Waals surface area contributed by atoms with Crippen LogP contribution < -0.4 is 14.4 Å². The Bertz CT molecular complexity index is 1150. The Balaban J connectivity index is 1.87. The molecule has 10 heteroatoms. The standard InChI is InChI=1S/C26H34FN3O5S/c1-19(26(32)28-22-9-5-4-6-10-22)29(17-20-8-7-11-24(16-20)35-2)25(31)18-30(36(3,33)34)23-14-12-21(27)13-15-23/h7-8,11-16,19,22H,4-6,9-10,17-18H2,1-3H3,(H,28,32). The van der Waals surface area contributed by atoms with E-state index >= 15 is 0 Å². The number of sulfonamides is 1. The smallest absolute Gasteiger partial charge is 0.244 e. The van der Waals surface area contributed by atoms with E-state index in [-0.39, 0.29) is 24.2 Å². The zero-order valence-electron chi connectivity index (χ0n) is 20.9. The SMILES string of the molecule is COc1cccc(CN(C(=O)CN(c2ccc(F)cc2)S(C)(=O)=O)C(C)C(=O)NC2CCCCC2)c1. The molecule has 8 nitrogen and oxygen atoms in total. The first kappa shape index (κ1) is 27.4. The molecule has 1 atom stereocenters. The van der Waals surface area contributed by atoms with Crippen LogP contribution in [0.5, 0.6) is 5.75 Å². The summed E-state index contributed by atoms with van der Waals surface area (Å²) < 4.78 is 44.7. The van der Waals surface area contributed by atoms with Crippen molar-refractivity contribution in [2.24, 2.45) is 0 Å². The molecular formula is C26H34FN3O5S. The summed E-state index contributed by atoms with van der Waals surface area (Å²) in [7, 11) is -2.33. The highest BCUT2D eigenvalue weighted by Gasteiger charge is 2.31. The van der Waals surface area contributed by atoms with Crippen LogP contribution in [-0.4, -0.2) is 57.1 Å². The number of hydrogen-bond donors (Lipinski definition) is 1. The third kappa shape index (κ3) is 7.43. The molecule has 0 aromatic heterocycles. The number of ether oxygens (including phenoxy) is 1. The molecule has 2 aromatic carbocycles. The molecule has 2 aromatic rings. The molecular weight excluding hydrogens is 485 g/mol.